The summed E-state index contributed by atoms with van der Waals surface area (Å²) in [6.07, 6.45) is 6.29. The van der Waals surface area contributed by atoms with Crippen LogP contribution in [0.1, 0.15) is 32.5 Å². The zero-order valence-electron chi connectivity index (χ0n) is 21.0. The van der Waals surface area contributed by atoms with E-state index in [9.17, 15) is 0 Å². The highest BCUT2D eigenvalue weighted by Crippen LogP contribution is 2.49. The van der Waals surface area contributed by atoms with Gasteiger partial charge in [-0.3, -0.25) is 0 Å². The van der Waals surface area contributed by atoms with Crippen LogP contribution in [0.15, 0.2) is 30.6 Å². The maximum atomic E-state index is 5.27. The van der Waals surface area contributed by atoms with Crippen molar-refractivity contribution in [2.75, 3.05) is 38.7 Å². The zero-order chi connectivity index (χ0) is 24.2. The van der Waals surface area contributed by atoms with E-state index in [4.69, 9.17) is 14.8 Å². The minimum atomic E-state index is 0.461. The molecular weight excluding hydrogens is 440 g/mol. The summed E-state index contributed by atoms with van der Waals surface area (Å²) in [5.74, 6) is 2.37. The molecule has 4 aromatic heterocycles. The van der Waals surface area contributed by atoms with Crippen molar-refractivity contribution in [1.82, 2.24) is 34.0 Å². The van der Waals surface area contributed by atoms with E-state index in [1.165, 1.54) is 32.5 Å². The van der Waals surface area contributed by atoms with Crippen LogP contribution in [0.2, 0.25) is 0 Å². The molecule has 2 fully saturated rings. The molecule has 6 rings (SSSR count). The predicted octanol–water partition coefficient (Wildman–Crippen LogP) is 3.63. The molecule has 1 aliphatic carbocycles. The third kappa shape index (κ3) is 4.06. The number of hydrogen-bond acceptors (Lipinski definition) is 7. The Morgan fingerprint density at radius 2 is 2.00 bits per heavy atom. The average Bonchev–Trinajstić information content (AvgIpc) is 3.33. The lowest BCUT2D eigenvalue weighted by Gasteiger charge is -2.59. The number of fused-ring (bicyclic) bond motifs is 2. The fourth-order valence-corrected chi connectivity index (χ4v) is 5.97. The second kappa shape index (κ2) is 8.57. The van der Waals surface area contributed by atoms with Gasteiger partial charge in [-0.25, -0.2) is 19.5 Å². The fourth-order valence-electron chi connectivity index (χ4n) is 5.97. The van der Waals surface area contributed by atoms with Crippen LogP contribution in [-0.4, -0.2) is 73.4 Å². The Balaban J connectivity index is 1.17. The van der Waals surface area contributed by atoms with E-state index in [-0.39, 0.29) is 0 Å². The first-order valence-corrected chi connectivity index (χ1v) is 12.6. The molecule has 0 radical (unpaired) electrons. The molecule has 35 heavy (non-hydrogen) atoms. The Hall–Kier alpha value is -3.04. The molecule has 1 saturated carbocycles. The summed E-state index contributed by atoms with van der Waals surface area (Å²) in [6.45, 7) is 11.6. The number of aryl methyl sites for hydroxylation is 1. The monoisotopic (exact) mass is 474 g/mol. The molecule has 0 bridgehead atoms. The van der Waals surface area contributed by atoms with E-state index in [0.717, 1.165) is 46.2 Å². The third-order valence-electron chi connectivity index (χ3n) is 7.43. The molecule has 1 spiro atoms. The Morgan fingerprint density at radius 1 is 1.17 bits per heavy atom. The van der Waals surface area contributed by atoms with Gasteiger partial charge in [0.05, 0.1) is 24.0 Å². The van der Waals surface area contributed by atoms with Crippen LogP contribution in [0.3, 0.4) is 0 Å². The van der Waals surface area contributed by atoms with Crippen LogP contribution in [0.5, 0.6) is 0 Å². The minimum Gasteiger partial charge on any atom is -0.383 e. The molecule has 1 N–H and O–H groups in total. The molecule has 2 aliphatic rings. The quantitative estimate of drug-likeness (QED) is 0.417. The predicted molar refractivity (Wildman–Crippen MR) is 136 cm³/mol. The van der Waals surface area contributed by atoms with Gasteiger partial charge in [0, 0.05) is 51.1 Å². The van der Waals surface area contributed by atoms with Gasteiger partial charge in [0.15, 0.2) is 5.65 Å². The summed E-state index contributed by atoms with van der Waals surface area (Å²) < 4.78 is 9.27. The van der Waals surface area contributed by atoms with Crippen molar-refractivity contribution in [3.63, 3.8) is 0 Å². The molecule has 1 saturated heterocycles. The number of ether oxygens (including phenoxy) is 1. The molecule has 0 aromatic carbocycles. The number of methoxy groups -OCH3 is 1. The normalized spacial score (nSPS) is 18.0. The first kappa shape index (κ1) is 22.4. The van der Waals surface area contributed by atoms with Crippen molar-refractivity contribution in [3.05, 3.63) is 36.4 Å². The summed E-state index contributed by atoms with van der Waals surface area (Å²) in [5.41, 5.74) is 5.13. The minimum absolute atomic E-state index is 0.461. The molecule has 9 nitrogen and oxygen atoms in total. The molecule has 1 aliphatic heterocycles. The Labute approximate surface area is 205 Å². The van der Waals surface area contributed by atoms with Gasteiger partial charge in [-0.05, 0) is 49.3 Å². The Morgan fingerprint density at radius 3 is 2.77 bits per heavy atom. The highest BCUT2D eigenvalue weighted by atomic mass is 16.5. The number of aromatic nitrogens is 6. The van der Waals surface area contributed by atoms with Crippen LogP contribution >= 0.6 is 0 Å². The maximum absolute atomic E-state index is 5.27. The van der Waals surface area contributed by atoms with Gasteiger partial charge < -0.3 is 19.5 Å². The van der Waals surface area contributed by atoms with E-state index >= 15 is 0 Å². The van der Waals surface area contributed by atoms with Gasteiger partial charge in [-0.2, -0.15) is 0 Å². The number of nitrogens with zero attached hydrogens (tertiary/aromatic N) is 7. The molecule has 184 valence electrons. The fraction of sp³-hybridized carbons (Fsp3) is 0.538. The molecule has 0 unspecified atom stereocenters. The van der Waals surface area contributed by atoms with Gasteiger partial charge >= 0.3 is 0 Å². The average molecular weight is 475 g/mol. The number of rotatable bonds is 8. The second-order valence-electron chi connectivity index (χ2n) is 10.8. The first-order valence-electron chi connectivity index (χ1n) is 12.6. The molecule has 9 heteroatoms. The lowest BCUT2D eigenvalue weighted by Crippen LogP contribution is -2.65. The molecular formula is C26H34N8O. The number of hydrogen-bond donors (Lipinski definition) is 1. The standard InChI is InChI=1S/C26H34N8O/c1-17(2)14-32-15-26(16-32)11-19(12-26)29-25-27-13-23-20(7-8-34(23)31-25)21-5-6-22-24(30-21)33(9-10-35-4)18(3)28-22/h5-8,13,17,19H,9-12,14-16H2,1-4H3,(H,29,31). The summed E-state index contributed by atoms with van der Waals surface area (Å²) in [4.78, 5) is 16.8. The van der Waals surface area contributed by atoms with Crippen LogP contribution < -0.4 is 5.32 Å². The maximum Gasteiger partial charge on any atom is 0.241 e. The smallest absolute Gasteiger partial charge is 0.241 e. The van der Waals surface area contributed by atoms with E-state index in [1.807, 2.05) is 36.0 Å². The highest BCUT2D eigenvalue weighted by Gasteiger charge is 2.52. The summed E-state index contributed by atoms with van der Waals surface area (Å²) in [6, 6.07) is 6.57. The van der Waals surface area contributed by atoms with Crippen LogP contribution in [0.4, 0.5) is 5.95 Å². The van der Waals surface area contributed by atoms with Crippen LogP contribution in [0, 0.1) is 18.3 Å². The lowest BCUT2D eigenvalue weighted by molar-refractivity contribution is -0.0711. The molecule has 4 aromatic rings. The SMILES string of the molecule is COCCn1c(C)nc2ccc(-c3ccn4nc(NC5CC6(C5)CN(CC(C)C)C6)ncc34)nc21. The van der Waals surface area contributed by atoms with Crippen molar-refractivity contribution in [3.8, 4) is 11.3 Å². The number of likely N-dealkylation sites (tertiary alicyclic amines) is 1. The summed E-state index contributed by atoms with van der Waals surface area (Å²) in [7, 11) is 1.71. The lowest BCUT2D eigenvalue weighted by atomic mass is 9.60. The zero-order valence-corrected chi connectivity index (χ0v) is 21.0. The summed E-state index contributed by atoms with van der Waals surface area (Å²) >= 11 is 0. The van der Waals surface area contributed by atoms with Crippen molar-refractivity contribution >= 4 is 22.6 Å². The van der Waals surface area contributed by atoms with E-state index in [2.05, 4.69) is 44.7 Å². The Bertz CT molecular complexity index is 1360. The largest absolute Gasteiger partial charge is 0.383 e. The van der Waals surface area contributed by atoms with E-state index in [1.54, 1.807) is 7.11 Å². The third-order valence-corrected chi connectivity index (χ3v) is 7.43. The molecule has 0 atom stereocenters. The van der Waals surface area contributed by atoms with Crippen LogP contribution in [0.25, 0.3) is 27.9 Å². The Kier molecular flexibility index (Phi) is 5.49. The van der Waals surface area contributed by atoms with Crippen molar-refractivity contribution < 1.29 is 4.74 Å². The van der Waals surface area contributed by atoms with Gasteiger partial charge in [0.1, 0.15) is 11.3 Å². The summed E-state index contributed by atoms with van der Waals surface area (Å²) in [5, 5.41) is 8.29. The number of imidazole rings is 1. The van der Waals surface area contributed by atoms with Crippen molar-refractivity contribution in [1.29, 1.82) is 0 Å². The van der Waals surface area contributed by atoms with E-state index < -0.39 is 0 Å². The number of nitrogens with one attached hydrogen (secondary N) is 1. The van der Waals surface area contributed by atoms with Crippen molar-refractivity contribution in [2.24, 2.45) is 11.3 Å². The van der Waals surface area contributed by atoms with Gasteiger partial charge in [0.2, 0.25) is 5.95 Å². The molecule has 5 heterocycles. The van der Waals surface area contributed by atoms with Crippen molar-refractivity contribution in [2.45, 2.75) is 46.2 Å². The van der Waals surface area contributed by atoms with Gasteiger partial charge in [-0.15, -0.1) is 5.10 Å². The van der Waals surface area contributed by atoms with Gasteiger partial charge in [0.25, 0.3) is 0 Å². The second-order valence-corrected chi connectivity index (χ2v) is 10.8. The number of pyridine rings is 1. The number of anilines is 1. The highest BCUT2D eigenvalue weighted by molar-refractivity contribution is 5.82. The van der Waals surface area contributed by atoms with E-state index in [0.29, 0.717) is 24.0 Å². The van der Waals surface area contributed by atoms with Gasteiger partial charge in [-0.1, -0.05) is 13.8 Å². The topological polar surface area (TPSA) is 85.4 Å². The first-order chi connectivity index (χ1) is 16.9. The van der Waals surface area contributed by atoms with Crippen LogP contribution in [-0.2, 0) is 11.3 Å². The molecule has 0 amide bonds.